The predicted molar refractivity (Wildman–Crippen MR) is 66.6 cm³/mol. The molecule has 1 aromatic carbocycles. The molecule has 1 aromatic rings. The van der Waals surface area contributed by atoms with Gasteiger partial charge in [-0.2, -0.15) is 0 Å². The number of hydrogen-bond acceptors (Lipinski definition) is 4. The summed E-state index contributed by atoms with van der Waals surface area (Å²) in [6.07, 6.45) is 0.959. The highest BCUT2D eigenvalue weighted by Gasteiger charge is 2.05. The van der Waals surface area contributed by atoms with Gasteiger partial charge in [0.05, 0.1) is 6.61 Å². The van der Waals surface area contributed by atoms with E-state index in [1.807, 2.05) is 31.2 Å². The van der Waals surface area contributed by atoms with Crippen molar-refractivity contribution < 1.29 is 14.3 Å². The average molecular weight is 237 g/mol. The van der Waals surface area contributed by atoms with Gasteiger partial charge in [0.1, 0.15) is 6.61 Å². The average Bonchev–Trinajstić information content (AvgIpc) is 2.34. The minimum absolute atomic E-state index is 0.215. The summed E-state index contributed by atoms with van der Waals surface area (Å²) >= 11 is 0. The number of carbonyl (C=O) groups is 1. The maximum atomic E-state index is 11.4. The molecule has 0 atom stereocenters. The van der Waals surface area contributed by atoms with Gasteiger partial charge < -0.3 is 15.2 Å². The Balaban J connectivity index is 2.22. The fourth-order valence-corrected chi connectivity index (χ4v) is 1.43. The summed E-state index contributed by atoms with van der Waals surface area (Å²) in [5.74, 6) is -0.215. The normalized spacial score (nSPS) is 10.2. The molecule has 0 amide bonds. The molecule has 0 heterocycles. The van der Waals surface area contributed by atoms with E-state index in [0.717, 1.165) is 11.3 Å². The topological polar surface area (TPSA) is 61.5 Å². The van der Waals surface area contributed by atoms with Gasteiger partial charge in [-0.25, -0.2) is 0 Å². The van der Waals surface area contributed by atoms with Crippen molar-refractivity contribution in [2.75, 3.05) is 25.6 Å². The standard InChI is InChI=1S/C13H19NO3/c1-2-16-9-10-17-13(15)8-7-11-5-3-4-6-12(11)14/h3-6H,2,7-10,14H2,1H3. The zero-order valence-electron chi connectivity index (χ0n) is 10.1. The first-order valence-corrected chi connectivity index (χ1v) is 5.80. The van der Waals surface area contributed by atoms with Crippen LogP contribution in [0.2, 0.25) is 0 Å². The molecule has 2 N–H and O–H groups in total. The Morgan fingerprint density at radius 2 is 2.06 bits per heavy atom. The number of nitrogen functional groups attached to an aromatic ring is 1. The van der Waals surface area contributed by atoms with Crippen LogP contribution >= 0.6 is 0 Å². The molecule has 0 aliphatic rings. The van der Waals surface area contributed by atoms with Gasteiger partial charge in [0.2, 0.25) is 0 Å². The number of esters is 1. The molecule has 0 fully saturated rings. The Bertz CT molecular complexity index is 352. The summed E-state index contributed by atoms with van der Waals surface area (Å²) in [5.41, 5.74) is 7.47. The number of hydrogen-bond donors (Lipinski definition) is 1. The van der Waals surface area contributed by atoms with E-state index in [2.05, 4.69) is 0 Å². The number of aryl methyl sites for hydroxylation is 1. The number of ether oxygens (including phenoxy) is 2. The Kier molecular flexibility index (Phi) is 6.10. The van der Waals surface area contributed by atoms with Crippen molar-refractivity contribution in [3.8, 4) is 0 Å². The Morgan fingerprint density at radius 1 is 1.29 bits per heavy atom. The van der Waals surface area contributed by atoms with Crippen molar-refractivity contribution in [2.45, 2.75) is 19.8 Å². The van der Waals surface area contributed by atoms with Crippen LogP contribution in [0, 0.1) is 0 Å². The van der Waals surface area contributed by atoms with Crippen molar-refractivity contribution in [1.29, 1.82) is 0 Å². The summed E-state index contributed by atoms with van der Waals surface area (Å²) < 4.78 is 10.1. The van der Waals surface area contributed by atoms with Crippen molar-refractivity contribution in [2.24, 2.45) is 0 Å². The molecule has 4 nitrogen and oxygen atoms in total. The number of benzene rings is 1. The van der Waals surface area contributed by atoms with E-state index in [1.54, 1.807) is 0 Å². The molecular weight excluding hydrogens is 218 g/mol. The molecule has 0 unspecified atom stereocenters. The second-order valence-corrected chi connectivity index (χ2v) is 3.62. The smallest absolute Gasteiger partial charge is 0.306 e. The number of para-hydroxylation sites is 1. The van der Waals surface area contributed by atoms with E-state index >= 15 is 0 Å². The van der Waals surface area contributed by atoms with Crippen LogP contribution in [0.5, 0.6) is 0 Å². The highest BCUT2D eigenvalue weighted by atomic mass is 16.6. The monoisotopic (exact) mass is 237 g/mol. The lowest BCUT2D eigenvalue weighted by molar-refractivity contribution is -0.145. The second kappa shape index (κ2) is 7.68. The van der Waals surface area contributed by atoms with Gasteiger partial charge in [-0.15, -0.1) is 0 Å². The summed E-state index contributed by atoms with van der Waals surface area (Å²) in [7, 11) is 0. The van der Waals surface area contributed by atoms with Gasteiger partial charge in [0, 0.05) is 18.7 Å². The summed E-state index contributed by atoms with van der Waals surface area (Å²) in [6, 6.07) is 7.53. The molecule has 0 spiro atoms. The Labute approximate surface area is 102 Å². The van der Waals surface area contributed by atoms with Gasteiger partial charge in [-0.1, -0.05) is 18.2 Å². The lowest BCUT2D eigenvalue weighted by Gasteiger charge is -2.06. The van der Waals surface area contributed by atoms with Crippen molar-refractivity contribution >= 4 is 11.7 Å². The molecule has 17 heavy (non-hydrogen) atoms. The number of rotatable bonds is 7. The molecule has 0 aliphatic carbocycles. The maximum Gasteiger partial charge on any atom is 0.306 e. The second-order valence-electron chi connectivity index (χ2n) is 3.62. The molecule has 4 heteroatoms. The first-order chi connectivity index (χ1) is 8.24. The van der Waals surface area contributed by atoms with E-state index in [1.165, 1.54) is 0 Å². The number of nitrogens with two attached hydrogens (primary N) is 1. The van der Waals surface area contributed by atoms with Gasteiger partial charge >= 0.3 is 5.97 Å². The van der Waals surface area contributed by atoms with E-state index < -0.39 is 0 Å². The van der Waals surface area contributed by atoms with Crippen LogP contribution in [-0.4, -0.2) is 25.8 Å². The quantitative estimate of drug-likeness (QED) is 0.446. The molecule has 0 aliphatic heterocycles. The predicted octanol–water partition coefficient (Wildman–Crippen LogP) is 1.78. The van der Waals surface area contributed by atoms with Crippen LogP contribution in [0.15, 0.2) is 24.3 Å². The van der Waals surface area contributed by atoms with Gasteiger partial charge in [-0.3, -0.25) is 4.79 Å². The zero-order valence-corrected chi connectivity index (χ0v) is 10.1. The zero-order chi connectivity index (χ0) is 12.5. The fourth-order valence-electron chi connectivity index (χ4n) is 1.43. The molecule has 0 aromatic heterocycles. The Morgan fingerprint density at radius 3 is 2.76 bits per heavy atom. The molecule has 0 bridgehead atoms. The lowest BCUT2D eigenvalue weighted by Crippen LogP contribution is -2.11. The lowest BCUT2D eigenvalue weighted by atomic mass is 10.1. The molecule has 94 valence electrons. The van der Waals surface area contributed by atoms with Crippen LogP contribution in [0.25, 0.3) is 0 Å². The first kappa shape index (κ1) is 13.5. The summed E-state index contributed by atoms with van der Waals surface area (Å²) in [4.78, 5) is 11.4. The third-order valence-electron chi connectivity index (χ3n) is 2.35. The van der Waals surface area contributed by atoms with Crippen LogP contribution in [-0.2, 0) is 20.7 Å². The van der Waals surface area contributed by atoms with Crippen LogP contribution in [0.4, 0.5) is 5.69 Å². The highest BCUT2D eigenvalue weighted by Crippen LogP contribution is 2.12. The maximum absolute atomic E-state index is 11.4. The van der Waals surface area contributed by atoms with Crippen molar-refractivity contribution in [1.82, 2.24) is 0 Å². The molecule has 0 radical (unpaired) electrons. The first-order valence-electron chi connectivity index (χ1n) is 5.80. The molecule has 0 saturated heterocycles. The highest BCUT2D eigenvalue weighted by molar-refractivity contribution is 5.70. The SMILES string of the molecule is CCOCCOC(=O)CCc1ccccc1N. The van der Waals surface area contributed by atoms with Gasteiger partial charge in [0.15, 0.2) is 0 Å². The minimum Gasteiger partial charge on any atom is -0.463 e. The fraction of sp³-hybridized carbons (Fsp3) is 0.462. The van der Waals surface area contributed by atoms with Gasteiger partial charge in [-0.05, 0) is 25.0 Å². The Hall–Kier alpha value is -1.55. The summed E-state index contributed by atoms with van der Waals surface area (Å²) in [5, 5.41) is 0. The largest absolute Gasteiger partial charge is 0.463 e. The van der Waals surface area contributed by atoms with Crippen LogP contribution in [0.1, 0.15) is 18.9 Å². The molecule has 1 rings (SSSR count). The third-order valence-corrected chi connectivity index (χ3v) is 2.35. The van der Waals surface area contributed by atoms with Gasteiger partial charge in [0.25, 0.3) is 0 Å². The van der Waals surface area contributed by atoms with Crippen molar-refractivity contribution in [3.05, 3.63) is 29.8 Å². The minimum atomic E-state index is -0.215. The number of carbonyl (C=O) groups excluding carboxylic acids is 1. The van der Waals surface area contributed by atoms with E-state index in [-0.39, 0.29) is 5.97 Å². The third kappa shape index (κ3) is 5.36. The molecular formula is C13H19NO3. The van der Waals surface area contributed by atoms with Crippen molar-refractivity contribution in [3.63, 3.8) is 0 Å². The molecule has 0 saturated carbocycles. The van der Waals surface area contributed by atoms with E-state index in [4.69, 9.17) is 15.2 Å². The van der Waals surface area contributed by atoms with Crippen LogP contribution in [0.3, 0.4) is 0 Å². The number of anilines is 1. The summed E-state index contributed by atoms with van der Waals surface area (Å²) in [6.45, 7) is 3.31. The van der Waals surface area contributed by atoms with E-state index in [9.17, 15) is 4.79 Å². The van der Waals surface area contributed by atoms with Crippen LogP contribution < -0.4 is 5.73 Å². The van der Waals surface area contributed by atoms with E-state index in [0.29, 0.717) is 32.7 Å².